The lowest BCUT2D eigenvalue weighted by atomic mass is 10.2. The zero-order valence-electron chi connectivity index (χ0n) is 17.2. The average Bonchev–Trinajstić information content (AvgIpc) is 3.29. The largest absolute Gasteiger partial charge is 0.337 e. The molecule has 1 amide bonds. The highest BCUT2D eigenvalue weighted by Crippen LogP contribution is 2.23. The first kappa shape index (κ1) is 20.6. The molecule has 4 aromatic rings. The molecule has 0 fully saturated rings. The van der Waals surface area contributed by atoms with Crippen molar-refractivity contribution in [2.75, 3.05) is 10.0 Å². The summed E-state index contributed by atoms with van der Waals surface area (Å²) in [6, 6.07) is 11.4. The van der Waals surface area contributed by atoms with Crippen LogP contribution in [0.25, 0.3) is 5.65 Å². The summed E-state index contributed by atoms with van der Waals surface area (Å²) in [5.41, 5.74) is 3.51. The highest BCUT2D eigenvalue weighted by atomic mass is 32.2. The predicted molar refractivity (Wildman–Crippen MR) is 116 cm³/mol. The zero-order valence-corrected chi connectivity index (χ0v) is 18.0. The number of benzene rings is 1. The van der Waals surface area contributed by atoms with Crippen LogP contribution in [0.4, 0.5) is 11.6 Å². The summed E-state index contributed by atoms with van der Waals surface area (Å²) in [5, 5.41) is 6.55. The molecule has 0 unspecified atom stereocenters. The number of nitrogens with zero attached hydrogens (tertiary/aromatic N) is 3. The van der Waals surface area contributed by atoms with Gasteiger partial charge in [0.15, 0.2) is 0 Å². The molecule has 160 valence electrons. The first-order chi connectivity index (χ1) is 14.8. The summed E-state index contributed by atoms with van der Waals surface area (Å²) in [7, 11) is -3.86. The predicted octanol–water partition coefficient (Wildman–Crippen LogP) is 3.55. The maximum Gasteiger partial charge on any atom is 0.274 e. The minimum absolute atomic E-state index is 0.0306. The van der Waals surface area contributed by atoms with Crippen molar-refractivity contribution < 1.29 is 17.7 Å². The van der Waals surface area contributed by atoms with Gasteiger partial charge in [0.05, 0.1) is 16.3 Å². The van der Waals surface area contributed by atoms with E-state index in [1.807, 2.05) is 25.1 Å². The number of amides is 1. The number of sulfonamides is 1. The number of carbonyl (C=O) groups is 1. The fourth-order valence-electron chi connectivity index (χ4n) is 3.13. The van der Waals surface area contributed by atoms with Gasteiger partial charge in [0.1, 0.15) is 11.3 Å². The second-order valence-corrected chi connectivity index (χ2v) is 8.68. The zero-order chi connectivity index (χ0) is 22.2. The lowest BCUT2D eigenvalue weighted by Gasteiger charge is -2.09. The molecule has 3 heterocycles. The van der Waals surface area contributed by atoms with Crippen molar-refractivity contribution >= 4 is 33.1 Å². The van der Waals surface area contributed by atoms with Gasteiger partial charge >= 0.3 is 0 Å². The number of aryl methyl sites for hydroxylation is 2. The third-order valence-corrected chi connectivity index (χ3v) is 6.31. The molecule has 10 heteroatoms. The minimum Gasteiger partial charge on any atom is -0.337 e. The molecular weight excluding hydrogens is 418 g/mol. The first-order valence-electron chi connectivity index (χ1n) is 9.63. The molecule has 9 nitrogen and oxygen atoms in total. The van der Waals surface area contributed by atoms with E-state index in [2.05, 4.69) is 20.2 Å². The molecule has 1 aromatic carbocycles. The molecule has 0 aliphatic carbocycles. The van der Waals surface area contributed by atoms with Crippen LogP contribution < -0.4 is 10.0 Å². The summed E-state index contributed by atoms with van der Waals surface area (Å²) in [4.78, 5) is 17.4. The SMILES string of the molecule is CCc1nc2ccccn2c1C(=O)Nc1ccc(S(=O)(=O)Nc2onc(C)c2C)cc1. The van der Waals surface area contributed by atoms with E-state index in [0.29, 0.717) is 40.4 Å². The van der Waals surface area contributed by atoms with Gasteiger partial charge in [-0.2, -0.15) is 0 Å². The number of hydrogen-bond donors (Lipinski definition) is 2. The maximum absolute atomic E-state index is 12.9. The Kier molecular flexibility index (Phi) is 5.24. The topological polar surface area (TPSA) is 119 Å². The second-order valence-electron chi connectivity index (χ2n) is 7.00. The number of fused-ring (bicyclic) bond motifs is 1. The molecule has 0 aliphatic rings. The van der Waals surface area contributed by atoms with E-state index >= 15 is 0 Å². The quantitative estimate of drug-likeness (QED) is 0.474. The van der Waals surface area contributed by atoms with Crippen molar-refractivity contribution in [3.05, 3.63) is 71.3 Å². The van der Waals surface area contributed by atoms with Gasteiger partial charge in [-0.1, -0.05) is 18.1 Å². The Bertz CT molecular complexity index is 1370. The summed E-state index contributed by atoms with van der Waals surface area (Å²) in [6.07, 6.45) is 2.39. The van der Waals surface area contributed by atoms with Crippen LogP contribution in [0.1, 0.15) is 34.4 Å². The Morgan fingerprint density at radius 1 is 1.13 bits per heavy atom. The van der Waals surface area contributed by atoms with E-state index in [-0.39, 0.29) is 16.7 Å². The molecule has 0 saturated heterocycles. The van der Waals surface area contributed by atoms with Crippen LogP contribution in [-0.2, 0) is 16.4 Å². The van der Waals surface area contributed by atoms with E-state index in [9.17, 15) is 13.2 Å². The molecule has 0 atom stereocenters. The molecule has 2 N–H and O–H groups in total. The fourth-order valence-corrected chi connectivity index (χ4v) is 4.18. The Labute approximate surface area is 179 Å². The lowest BCUT2D eigenvalue weighted by Crippen LogP contribution is -2.17. The lowest BCUT2D eigenvalue weighted by molar-refractivity contribution is 0.102. The molecule has 3 aromatic heterocycles. The van der Waals surface area contributed by atoms with Crippen LogP contribution >= 0.6 is 0 Å². The van der Waals surface area contributed by atoms with Crippen molar-refractivity contribution in [2.24, 2.45) is 0 Å². The Morgan fingerprint density at radius 2 is 1.87 bits per heavy atom. The van der Waals surface area contributed by atoms with Gasteiger partial charge in [0.2, 0.25) is 5.88 Å². The molecule has 0 spiro atoms. The number of imidazole rings is 1. The van der Waals surface area contributed by atoms with Crippen LogP contribution in [0.5, 0.6) is 0 Å². The Morgan fingerprint density at radius 3 is 2.52 bits per heavy atom. The Balaban J connectivity index is 1.55. The summed E-state index contributed by atoms with van der Waals surface area (Å²) < 4.78 is 34.4. The summed E-state index contributed by atoms with van der Waals surface area (Å²) in [6.45, 7) is 5.37. The van der Waals surface area contributed by atoms with Gasteiger partial charge in [0.25, 0.3) is 15.9 Å². The number of nitrogens with one attached hydrogen (secondary N) is 2. The van der Waals surface area contributed by atoms with Crippen LogP contribution in [-0.4, -0.2) is 28.9 Å². The molecule has 0 aliphatic heterocycles. The van der Waals surface area contributed by atoms with Crippen molar-refractivity contribution in [3.63, 3.8) is 0 Å². The van der Waals surface area contributed by atoms with Gasteiger partial charge in [-0.3, -0.25) is 9.20 Å². The van der Waals surface area contributed by atoms with Crippen molar-refractivity contribution in [1.29, 1.82) is 0 Å². The van der Waals surface area contributed by atoms with Crippen molar-refractivity contribution in [1.82, 2.24) is 14.5 Å². The summed E-state index contributed by atoms with van der Waals surface area (Å²) in [5.74, 6) is -0.244. The normalized spacial score (nSPS) is 11.6. The number of rotatable bonds is 6. The standard InChI is InChI=1S/C21H21N5O4S/c1-4-17-19(26-12-6-5-7-18(26)23-17)20(27)22-15-8-10-16(11-9-15)31(28,29)25-21-13(2)14(3)24-30-21/h5-12,25H,4H2,1-3H3,(H,22,27). The molecule has 0 radical (unpaired) electrons. The third kappa shape index (κ3) is 3.89. The molecule has 31 heavy (non-hydrogen) atoms. The van der Waals surface area contributed by atoms with Crippen LogP contribution in [0, 0.1) is 13.8 Å². The van der Waals surface area contributed by atoms with Gasteiger partial charge in [-0.25, -0.2) is 18.1 Å². The van der Waals surface area contributed by atoms with Crippen LogP contribution in [0.15, 0.2) is 58.1 Å². The molecule has 0 bridgehead atoms. The highest BCUT2D eigenvalue weighted by Gasteiger charge is 2.21. The number of carbonyl (C=O) groups excluding carboxylic acids is 1. The average molecular weight is 439 g/mol. The van der Waals surface area contributed by atoms with Crippen LogP contribution in [0.3, 0.4) is 0 Å². The molecular formula is C21H21N5O4S. The van der Waals surface area contributed by atoms with Crippen molar-refractivity contribution in [2.45, 2.75) is 32.1 Å². The summed E-state index contributed by atoms with van der Waals surface area (Å²) >= 11 is 0. The van der Waals surface area contributed by atoms with Crippen LogP contribution in [0.2, 0.25) is 0 Å². The van der Waals surface area contributed by atoms with Gasteiger partial charge < -0.3 is 9.84 Å². The number of hydrogen-bond acceptors (Lipinski definition) is 6. The number of anilines is 2. The fraction of sp³-hybridized carbons (Fsp3) is 0.190. The highest BCUT2D eigenvalue weighted by molar-refractivity contribution is 7.92. The molecule has 4 rings (SSSR count). The van der Waals surface area contributed by atoms with Gasteiger partial charge in [-0.05, 0) is 56.7 Å². The smallest absolute Gasteiger partial charge is 0.274 e. The first-order valence-corrected chi connectivity index (χ1v) is 11.1. The van der Waals surface area contributed by atoms with Gasteiger partial charge in [0, 0.05) is 17.4 Å². The van der Waals surface area contributed by atoms with E-state index in [0.717, 1.165) is 0 Å². The second kappa shape index (κ2) is 7.88. The Hall–Kier alpha value is -3.66. The van der Waals surface area contributed by atoms with E-state index in [1.54, 1.807) is 24.4 Å². The van der Waals surface area contributed by atoms with E-state index < -0.39 is 10.0 Å². The van der Waals surface area contributed by atoms with Gasteiger partial charge in [-0.15, -0.1) is 0 Å². The third-order valence-electron chi connectivity index (χ3n) is 4.96. The van der Waals surface area contributed by atoms with E-state index in [1.165, 1.54) is 24.3 Å². The maximum atomic E-state index is 12.9. The minimum atomic E-state index is -3.86. The number of pyridine rings is 1. The van der Waals surface area contributed by atoms with Crippen molar-refractivity contribution in [3.8, 4) is 0 Å². The molecule has 0 saturated carbocycles. The monoisotopic (exact) mass is 439 g/mol. The number of aromatic nitrogens is 3. The van der Waals surface area contributed by atoms with E-state index in [4.69, 9.17) is 4.52 Å².